The van der Waals surface area contributed by atoms with Gasteiger partial charge in [-0.25, -0.2) is 8.42 Å². The van der Waals surface area contributed by atoms with E-state index in [1.165, 1.54) is 4.90 Å². The van der Waals surface area contributed by atoms with Crippen LogP contribution in [0.2, 0.25) is 5.02 Å². The standard InChI is InChI=1S/C37H42ClN3O4S/c1-6-29(5)39-37(43)35(23-30-12-8-7-9-13-30)40(24-31-14-10-11-15-34(31)38)36(42)25-41(32-19-18-27(3)28(4)22-32)46(44,45)33-20-16-26(2)17-21-33/h7-22,29,35H,6,23-25H2,1-5H3,(H,39,43)/t29-,35+/m0/s1. The van der Waals surface area contributed by atoms with Gasteiger partial charge in [-0.1, -0.05) is 90.8 Å². The van der Waals surface area contributed by atoms with Crippen LogP contribution in [0.4, 0.5) is 5.69 Å². The molecule has 7 nitrogen and oxygen atoms in total. The Labute approximate surface area is 278 Å². The summed E-state index contributed by atoms with van der Waals surface area (Å²) in [5.41, 5.74) is 4.66. The number of rotatable bonds is 13. The molecular formula is C37H42ClN3O4S. The van der Waals surface area contributed by atoms with Crippen LogP contribution in [0.25, 0.3) is 0 Å². The highest BCUT2D eigenvalue weighted by atomic mass is 35.5. The van der Waals surface area contributed by atoms with Gasteiger partial charge in [0.2, 0.25) is 11.8 Å². The van der Waals surface area contributed by atoms with E-state index in [0.29, 0.717) is 22.7 Å². The van der Waals surface area contributed by atoms with E-state index in [-0.39, 0.29) is 29.8 Å². The molecule has 0 aliphatic heterocycles. The van der Waals surface area contributed by atoms with Crippen LogP contribution in [0.15, 0.2) is 102 Å². The van der Waals surface area contributed by atoms with Crippen LogP contribution in [0, 0.1) is 20.8 Å². The van der Waals surface area contributed by atoms with Crippen LogP contribution in [0.1, 0.15) is 48.1 Å². The van der Waals surface area contributed by atoms with Crippen LogP contribution >= 0.6 is 11.6 Å². The van der Waals surface area contributed by atoms with Gasteiger partial charge < -0.3 is 10.2 Å². The number of benzene rings is 4. The average Bonchev–Trinajstić information content (AvgIpc) is 3.04. The molecule has 0 aromatic heterocycles. The third-order valence-electron chi connectivity index (χ3n) is 8.24. The number of hydrogen-bond acceptors (Lipinski definition) is 4. The van der Waals surface area contributed by atoms with Gasteiger partial charge in [-0.05, 0) is 86.7 Å². The Kier molecular flexibility index (Phi) is 11.7. The summed E-state index contributed by atoms with van der Waals surface area (Å²) in [6.07, 6.45) is 0.936. The minimum atomic E-state index is -4.18. The highest BCUT2D eigenvalue weighted by Gasteiger charge is 2.35. The number of carbonyl (C=O) groups excluding carboxylic acids is 2. The maximum atomic E-state index is 14.6. The molecule has 4 rings (SSSR count). The largest absolute Gasteiger partial charge is 0.352 e. The molecule has 0 bridgehead atoms. The van der Waals surface area contributed by atoms with E-state index in [2.05, 4.69) is 5.32 Å². The third-order valence-corrected chi connectivity index (χ3v) is 10.4. The fourth-order valence-electron chi connectivity index (χ4n) is 5.05. The van der Waals surface area contributed by atoms with Gasteiger partial charge in [-0.2, -0.15) is 0 Å². The van der Waals surface area contributed by atoms with E-state index in [9.17, 15) is 18.0 Å². The minimum absolute atomic E-state index is 0.00920. The van der Waals surface area contributed by atoms with E-state index in [1.54, 1.807) is 54.6 Å². The molecule has 0 saturated heterocycles. The first kappa shape index (κ1) is 34.7. The molecule has 2 atom stereocenters. The van der Waals surface area contributed by atoms with Crippen molar-refractivity contribution in [3.05, 3.63) is 130 Å². The molecule has 0 unspecified atom stereocenters. The second-order valence-electron chi connectivity index (χ2n) is 11.7. The molecule has 1 N–H and O–H groups in total. The van der Waals surface area contributed by atoms with Crippen molar-refractivity contribution in [3.8, 4) is 0 Å². The predicted molar refractivity (Wildman–Crippen MR) is 185 cm³/mol. The molecule has 4 aromatic carbocycles. The quantitative estimate of drug-likeness (QED) is 0.167. The summed E-state index contributed by atoms with van der Waals surface area (Å²) in [5, 5.41) is 3.49. The first-order chi connectivity index (χ1) is 21.9. The molecule has 0 fully saturated rings. The monoisotopic (exact) mass is 659 g/mol. The number of halogens is 1. The number of nitrogens with zero attached hydrogens (tertiary/aromatic N) is 2. The Hall–Kier alpha value is -4.14. The summed E-state index contributed by atoms with van der Waals surface area (Å²) in [5.74, 6) is -0.855. The van der Waals surface area contributed by atoms with Crippen molar-refractivity contribution in [3.63, 3.8) is 0 Å². The fraction of sp³-hybridized carbons (Fsp3) is 0.297. The van der Waals surface area contributed by atoms with E-state index < -0.39 is 28.5 Å². The SMILES string of the molecule is CC[C@H](C)NC(=O)[C@@H](Cc1ccccc1)N(Cc1ccccc1Cl)C(=O)CN(c1ccc(C)c(C)c1)S(=O)(=O)c1ccc(C)cc1. The molecule has 0 saturated carbocycles. The van der Waals surface area contributed by atoms with Crippen LogP contribution in [-0.4, -0.2) is 43.8 Å². The van der Waals surface area contributed by atoms with Crippen molar-refractivity contribution < 1.29 is 18.0 Å². The fourth-order valence-corrected chi connectivity index (χ4v) is 6.65. The first-order valence-corrected chi connectivity index (χ1v) is 17.3. The highest BCUT2D eigenvalue weighted by Crippen LogP contribution is 2.28. The van der Waals surface area contributed by atoms with Gasteiger partial charge in [0.15, 0.2) is 0 Å². The molecule has 2 amide bonds. The first-order valence-electron chi connectivity index (χ1n) is 15.4. The topological polar surface area (TPSA) is 86.8 Å². The Morgan fingerprint density at radius 1 is 0.848 bits per heavy atom. The Balaban J connectivity index is 1.83. The molecule has 0 aliphatic rings. The number of sulfonamides is 1. The Bertz CT molecular complexity index is 1760. The molecule has 4 aromatic rings. The third kappa shape index (κ3) is 8.56. The highest BCUT2D eigenvalue weighted by molar-refractivity contribution is 7.92. The van der Waals surface area contributed by atoms with Crippen LogP contribution < -0.4 is 9.62 Å². The number of amides is 2. The lowest BCUT2D eigenvalue weighted by molar-refractivity contribution is -0.140. The lowest BCUT2D eigenvalue weighted by Gasteiger charge is -2.34. The van der Waals surface area contributed by atoms with Crippen molar-refractivity contribution in [1.82, 2.24) is 10.2 Å². The van der Waals surface area contributed by atoms with Crippen molar-refractivity contribution in [2.75, 3.05) is 10.8 Å². The lowest BCUT2D eigenvalue weighted by atomic mass is 10.0. The van der Waals surface area contributed by atoms with Gasteiger partial charge in [0.05, 0.1) is 10.6 Å². The second kappa shape index (κ2) is 15.4. The van der Waals surface area contributed by atoms with Gasteiger partial charge >= 0.3 is 0 Å². The zero-order valence-electron chi connectivity index (χ0n) is 27.0. The van der Waals surface area contributed by atoms with E-state index >= 15 is 0 Å². The lowest BCUT2D eigenvalue weighted by Crippen LogP contribution is -2.54. The van der Waals surface area contributed by atoms with Gasteiger partial charge in [-0.3, -0.25) is 13.9 Å². The summed E-state index contributed by atoms with van der Waals surface area (Å²) in [6.45, 7) is 9.09. The normalized spacial score (nSPS) is 12.7. The molecule has 0 aliphatic carbocycles. The van der Waals surface area contributed by atoms with E-state index in [1.807, 2.05) is 77.1 Å². The summed E-state index contributed by atoms with van der Waals surface area (Å²) >= 11 is 6.58. The minimum Gasteiger partial charge on any atom is -0.352 e. The van der Waals surface area contributed by atoms with Crippen LogP contribution in [-0.2, 0) is 32.6 Å². The number of carbonyl (C=O) groups is 2. The van der Waals surface area contributed by atoms with Crippen LogP contribution in [0.3, 0.4) is 0 Å². The molecule has 0 heterocycles. The van der Waals surface area contributed by atoms with Gasteiger partial charge in [-0.15, -0.1) is 0 Å². The van der Waals surface area contributed by atoms with Gasteiger partial charge in [0.25, 0.3) is 10.0 Å². The molecule has 0 spiro atoms. The number of nitrogens with one attached hydrogen (secondary N) is 1. The molecule has 9 heteroatoms. The van der Waals surface area contributed by atoms with Gasteiger partial charge in [0.1, 0.15) is 12.6 Å². The average molecular weight is 660 g/mol. The van der Waals surface area contributed by atoms with Crippen molar-refractivity contribution in [1.29, 1.82) is 0 Å². The zero-order valence-corrected chi connectivity index (χ0v) is 28.6. The summed E-state index contributed by atoms with van der Waals surface area (Å²) < 4.78 is 29.6. The molecule has 46 heavy (non-hydrogen) atoms. The maximum Gasteiger partial charge on any atom is 0.264 e. The van der Waals surface area contributed by atoms with Crippen LogP contribution in [0.5, 0.6) is 0 Å². The molecular weight excluding hydrogens is 618 g/mol. The zero-order chi connectivity index (χ0) is 33.4. The summed E-state index contributed by atoms with van der Waals surface area (Å²) in [4.78, 5) is 30.1. The summed E-state index contributed by atoms with van der Waals surface area (Å²) in [7, 11) is -4.18. The molecule has 242 valence electrons. The maximum absolute atomic E-state index is 14.6. The molecule has 0 radical (unpaired) electrons. The Morgan fingerprint density at radius 2 is 1.50 bits per heavy atom. The smallest absolute Gasteiger partial charge is 0.264 e. The van der Waals surface area contributed by atoms with E-state index in [0.717, 1.165) is 26.6 Å². The predicted octanol–water partition coefficient (Wildman–Crippen LogP) is 7.02. The number of anilines is 1. The summed E-state index contributed by atoms with van der Waals surface area (Å²) in [6, 6.07) is 27.4. The van der Waals surface area contributed by atoms with Gasteiger partial charge in [0, 0.05) is 24.0 Å². The number of hydrogen-bond donors (Lipinski definition) is 1. The van der Waals surface area contributed by atoms with E-state index in [4.69, 9.17) is 11.6 Å². The number of aryl methyl sites for hydroxylation is 3. The van der Waals surface area contributed by atoms with Crippen molar-refractivity contribution in [2.45, 2.75) is 71.0 Å². The van der Waals surface area contributed by atoms with Crippen molar-refractivity contribution >= 4 is 39.1 Å². The second-order valence-corrected chi connectivity index (χ2v) is 14.0. The Morgan fingerprint density at radius 3 is 2.13 bits per heavy atom. The van der Waals surface area contributed by atoms with Crippen molar-refractivity contribution in [2.24, 2.45) is 0 Å².